The van der Waals surface area contributed by atoms with Crippen LogP contribution in [-0.4, -0.2) is 60.6 Å². The molecule has 38 heavy (non-hydrogen) atoms. The number of amidine groups is 2. The average Bonchev–Trinajstić information content (AvgIpc) is 3.31. The third-order valence-electron chi connectivity index (χ3n) is 7.80. The monoisotopic (exact) mass is 543 g/mol. The lowest BCUT2D eigenvalue weighted by Crippen LogP contribution is -2.43. The second kappa shape index (κ2) is 11.9. The van der Waals surface area contributed by atoms with Crippen LogP contribution < -0.4 is 5.73 Å². The number of carbonyl (C=O) groups is 1. The number of piperidine rings is 1. The number of nitrogens with two attached hydrogens (primary N) is 1. The van der Waals surface area contributed by atoms with Gasteiger partial charge in [0.2, 0.25) is 5.91 Å². The smallest absolute Gasteiger partial charge is 0.226 e. The van der Waals surface area contributed by atoms with Crippen LogP contribution in [0.3, 0.4) is 0 Å². The Morgan fingerprint density at radius 1 is 1.11 bits per heavy atom. The number of aliphatic imine (C=N–C) groups is 2. The molecule has 0 aromatic heterocycles. The summed E-state index contributed by atoms with van der Waals surface area (Å²) in [7, 11) is 3.95. The van der Waals surface area contributed by atoms with Crippen molar-refractivity contribution in [2.24, 2.45) is 27.6 Å². The zero-order valence-electron chi connectivity index (χ0n) is 22.4. The molecule has 0 spiro atoms. The molecule has 2 N–H and O–H groups in total. The van der Waals surface area contributed by atoms with Crippen LogP contribution in [0.25, 0.3) is 0 Å². The van der Waals surface area contributed by atoms with E-state index < -0.39 is 11.6 Å². The largest absolute Gasteiger partial charge is 0.387 e. The molecule has 3 atom stereocenters. The van der Waals surface area contributed by atoms with Crippen molar-refractivity contribution in [1.82, 2.24) is 9.80 Å². The van der Waals surface area contributed by atoms with Crippen molar-refractivity contribution in [3.8, 4) is 0 Å². The predicted molar refractivity (Wildman–Crippen MR) is 149 cm³/mol. The number of benzene rings is 2. The molecular formula is C29H36ClF2N5O. The Balaban J connectivity index is 1.51. The summed E-state index contributed by atoms with van der Waals surface area (Å²) in [6, 6.07) is 9.42. The Morgan fingerprint density at radius 2 is 1.82 bits per heavy atom. The number of halogens is 3. The van der Waals surface area contributed by atoms with Gasteiger partial charge in [-0.05, 0) is 94.9 Å². The number of hydrogen-bond donors (Lipinski definition) is 1. The van der Waals surface area contributed by atoms with Gasteiger partial charge in [-0.2, -0.15) is 0 Å². The van der Waals surface area contributed by atoms with Crippen LogP contribution in [0.4, 0.5) is 14.5 Å². The van der Waals surface area contributed by atoms with Crippen molar-refractivity contribution >= 4 is 34.9 Å². The number of rotatable bonds is 5. The van der Waals surface area contributed by atoms with E-state index in [1.807, 2.05) is 44.1 Å². The first kappa shape index (κ1) is 28.2. The van der Waals surface area contributed by atoms with E-state index >= 15 is 0 Å². The van der Waals surface area contributed by atoms with E-state index in [2.05, 4.69) is 9.89 Å². The fraction of sp³-hybridized carbons (Fsp3) is 0.483. The predicted octanol–water partition coefficient (Wildman–Crippen LogP) is 5.70. The number of likely N-dealkylation sites (tertiary alicyclic amines) is 1. The quantitative estimate of drug-likeness (QED) is 0.388. The second-order valence-electron chi connectivity index (χ2n) is 10.7. The summed E-state index contributed by atoms with van der Waals surface area (Å²) in [5, 5.41) is 0.679. The van der Waals surface area contributed by atoms with E-state index in [-0.39, 0.29) is 29.7 Å². The SMILES string of the molecule is CC(N)=NC(=Nc1ccc(Cl)c(C)c1)C1CCN(C(=O)[C@@H]2C[C@@H](N(C)C)C[C@H]2c2ccc(F)cc2F)CC1. The fourth-order valence-corrected chi connectivity index (χ4v) is 5.78. The summed E-state index contributed by atoms with van der Waals surface area (Å²) in [4.78, 5) is 27.0. The van der Waals surface area contributed by atoms with Crippen molar-refractivity contribution < 1.29 is 13.6 Å². The minimum Gasteiger partial charge on any atom is -0.387 e. The average molecular weight is 544 g/mol. The summed E-state index contributed by atoms with van der Waals surface area (Å²) < 4.78 is 28.3. The molecule has 0 unspecified atom stereocenters. The highest BCUT2D eigenvalue weighted by atomic mass is 35.5. The standard InChI is InChI=1S/C29H36ClF2N5O/c1-17-13-21(6-8-26(17)30)35-28(34-18(2)33)19-9-11-37(12-10-19)29(38)25-16-22(36(3)4)15-24(25)23-7-5-20(31)14-27(23)32/h5-8,13-14,19,22,24-25H,9-12,15-16H2,1-4H3,(H2,33,34,35)/t22-,24-,25+/m0/s1. The van der Waals surface area contributed by atoms with Crippen LogP contribution in [0.5, 0.6) is 0 Å². The number of carbonyl (C=O) groups excluding carboxylic acids is 1. The highest BCUT2D eigenvalue weighted by molar-refractivity contribution is 6.31. The van der Waals surface area contributed by atoms with E-state index in [1.165, 1.54) is 12.1 Å². The zero-order chi connectivity index (χ0) is 27.6. The highest BCUT2D eigenvalue weighted by Gasteiger charge is 2.43. The van der Waals surface area contributed by atoms with Crippen LogP contribution in [0.1, 0.15) is 49.7 Å². The van der Waals surface area contributed by atoms with Gasteiger partial charge in [0.25, 0.3) is 0 Å². The number of aryl methyl sites for hydroxylation is 1. The Morgan fingerprint density at radius 3 is 2.42 bits per heavy atom. The Labute approximate surface area is 228 Å². The molecule has 0 bridgehead atoms. The van der Waals surface area contributed by atoms with Crippen molar-refractivity contribution in [1.29, 1.82) is 0 Å². The molecule has 204 valence electrons. The van der Waals surface area contributed by atoms with Gasteiger partial charge in [-0.1, -0.05) is 17.7 Å². The van der Waals surface area contributed by atoms with Gasteiger partial charge in [0.15, 0.2) is 0 Å². The van der Waals surface area contributed by atoms with Crippen LogP contribution in [0.2, 0.25) is 5.02 Å². The lowest BCUT2D eigenvalue weighted by atomic mass is 9.86. The summed E-state index contributed by atoms with van der Waals surface area (Å²) >= 11 is 6.17. The molecule has 1 amide bonds. The fourth-order valence-electron chi connectivity index (χ4n) is 5.66. The minimum absolute atomic E-state index is 0.0341. The number of hydrogen-bond acceptors (Lipinski definition) is 3. The van der Waals surface area contributed by atoms with Gasteiger partial charge in [-0.3, -0.25) is 4.79 Å². The lowest BCUT2D eigenvalue weighted by molar-refractivity contribution is -0.137. The van der Waals surface area contributed by atoms with Gasteiger partial charge >= 0.3 is 0 Å². The van der Waals surface area contributed by atoms with Crippen molar-refractivity contribution in [2.45, 2.75) is 51.5 Å². The normalized spacial score (nSPS) is 23.4. The zero-order valence-corrected chi connectivity index (χ0v) is 23.2. The molecule has 6 nitrogen and oxygen atoms in total. The molecule has 2 aromatic carbocycles. The maximum absolute atomic E-state index is 14.8. The summed E-state index contributed by atoms with van der Waals surface area (Å²) in [6.07, 6.45) is 2.71. The van der Waals surface area contributed by atoms with Crippen LogP contribution in [0, 0.1) is 30.4 Å². The topological polar surface area (TPSA) is 74.3 Å². The van der Waals surface area contributed by atoms with E-state index in [0.29, 0.717) is 61.0 Å². The molecule has 2 aliphatic rings. The molecule has 1 aliphatic carbocycles. The molecule has 2 fully saturated rings. The van der Waals surface area contributed by atoms with Crippen LogP contribution in [0.15, 0.2) is 46.4 Å². The van der Waals surface area contributed by atoms with Gasteiger partial charge in [0, 0.05) is 42.1 Å². The van der Waals surface area contributed by atoms with E-state index in [9.17, 15) is 13.6 Å². The Hall–Kier alpha value is -2.84. The van der Waals surface area contributed by atoms with E-state index in [1.54, 1.807) is 6.92 Å². The second-order valence-corrected chi connectivity index (χ2v) is 11.1. The van der Waals surface area contributed by atoms with Gasteiger partial charge < -0.3 is 15.5 Å². The molecule has 2 aromatic rings. The number of amides is 1. The van der Waals surface area contributed by atoms with Crippen molar-refractivity contribution in [3.63, 3.8) is 0 Å². The van der Waals surface area contributed by atoms with E-state index in [0.717, 1.165) is 17.3 Å². The minimum atomic E-state index is -0.611. The third-order valence-corrected chi connectivity index (χ3v) is 8.22. The van der Waals surface area contributed by atoms with Gasteiger partial charge in [-0.25, -0.2) is 18.8 Å². The molecule has 9 heteroatoms. The summed E-state index contributed by atoms with van der Waals surface area (Å²) in [5.74, 6) is -0.671. The molecular weight excluding hydrogens is 508 g/mol. The first-order valence-corrected chi connectivity index (χ1v) is 13.5. The number of nitrogens with zero attached hydrogens (tertiary/aromatic N) is 4. The van der Waals surface area contributed by atoms with Crippen LogP contribution >= 0.6 is 11.6 Å². The maximum Gasteiger partial charge on any atom is 0.226 e. The summed E-state index contributed by atoms with van der Waals surface area (Å²) in [5.41, 5.74) is 8.03. The van der Waals surface area contributed by atoms with Gasteiger partial charge in [0.1, 0.15) is 17.5 Å². The Kier molecular flexibility index (Phi) is 8.83. The van der Waals surface area contributed by atoms with Gasteiger partial charge in [-0.15, -0.1) is 0 Å². The molecule has 1 aliphatic heterocycles. The van der Waals surface area contributed by atoms with Crippen LogP contribution in [-0.2, 0) is 4.79 Å². The third kappa shape index (κ3) is 6.41. The maximum atomic E-state index is 14.8. The Bertz CT molecular complexity index is 1240. The summed E-state index contributed by atoms with van der Waals surface area (Å²) in [6.45, 7) is 4.78. The highest BCUT2D eigenvalue weighted by Crippen LogP contribution is 2.43. The molecule has 4 rings (SSSR count). The lowest BCUT2D eigenvalue weighted by Gasteiger charge is -2.34. The molecule has 1 saturated carbocycles. The van der Waals surface area contributed by atoms with Gasteiger partial charge in [0.05, 0.1) is 11.5 Å². The molecule has 1 saturated heterocycles. The van der Waals surface area contributed by atoms with Crippen molar-refractivity contribution in [3.05, 3.63) is 64.2 Å². The van der Waals surface area contributed by atoms with Crippen molar-refractivity contribution in [2.75, 3.05) is 27.2 Å². The first-order chi connectivity index (χ1) is 18.0. The first-order valence-electron chi connectivity index (χ1n) is 13.1. The molecule has 1 heterocycles. The molecule has 0 radical (unpaired) electrons. The van der Waals surface area contributed by atoms with E-state index in [4.69, 9.17) is 22.3 Å².